The van der Waals surface area contributed by atoms with Crippen LogP contribution in [0, 0.1) is 12.7 Å². The largest absolute Gasteiger partial charge is 0.447 e. The molecule has 1 unspecified atom stereocenters. The second-order valence-electron chi connectivity index (χ2n) is 2.99. The Bertz CT molecular complexity index is 352. The molecule has 0 aliphatic heterocycles. The van der Waals surface area contributed by atoms with Crippen LogP contribution in [0.5, 0.6) is 0 Å². The molecule has 76 valence electrons. The van der Waals surface area contributed by atoms with Gasteiger partial charge in [-0.25, -0.2) is 4.39 Å². The number of hydrogen-bond donors (Lipinski definition) is 1. The highest BCUT2D eigenvalue weighted by molar-refractivity contribution is 7.80. The maximum atomic E-state index is 13.2. The predicted octanol–water partition coefficient (Wildman–Crippen LogP) is 2.63. The average Bonchev–Trinajstić information content (AvgIpc) is 2.08. The van der Waals surface area contributed by atoms with Crippen LogP contribution in [0.25, 0.3) is 0 Å². The summed E-state index contributed by atoms with van der Waals surface area (Å²) in [6.45, 7) is 3.09. The molecular formula is C10H11FO2S. The Hall–Kier alpha value is -1.03. The first-order valence-electron chi connectivity index (χ1n) is 4.12. The first-order valence-corrected chi connectivity index (χ1v) is 4.63. The molecule has 1 aromatic carbocycles. The van der Waals surface area contributed by atoms with Crippen LogP contribution < -0.4 is 0 Å². The summed E-state index contributed by atoms with van der Waals surface area (Å²) in [6.07, 6.45) is 0. The van der Waals surface area contributed by atoms with Crippen molar-refractivity contribution >= 4 is 18.6 Å². The van der Waals surface area contributed by atoms with Crippen LogP contribution in [0.4, 0.5) is 4.39 Å². The lowest BCUT2D eigenvalue weighted by Gasteiger charge is -2.12. The molecule has 0 aliphatic rings. The lowest BCUT2D eigenvalue weighted by molar-refractivity contribution is -0.142. The van der Waals surface area contributed by atoms with Crippen LogP contribution in [0.1, 0.15) is 23.5 Å². The Balaban J connectivity index is 2.93. The first kappa shape index (κ1) is 11.0. The summed E-state index contributed by atoms with van der Waals surface area (Å²) in [5, 5.41) is 0. The van der Waals surface area contributed by atoms with E-state index in [1.54, 1.807) is 12.1 Å². The third-order valence-electron chi connectivity index (χ3n) is 1.70. The van der Waals surface area contributed by atoms with Crippen LogP contribution in [0.15, 0.2) is 18.2 Å². The number of thiol groups is 1. The van der Waals surface area contributed by atoms with Crippen molar-refractivity contribution in [3.8, 4) is 0 Å². The third-order valence-corrected chi connectivity index (χ3v) is 2.08. The van der Waals surface area contributed by atoms with Gasteiger partial charge < -0.3 is 4.74 Å². The van der Waals surface area contributed by atoms with E-state index < -0.39 is 17.2 Å². The molecular weight excluding hydrogens is 203 g/mol. The Morgan fingerprint density at radius 1 is 1.57 bits per heavy atom. The molecule has 0 bridgehead atoms. The van der Waals surface area contributed by atoms with Crippen molar-refractivity contribution in [2.45, 2.75) is 19.3 Å². The van der Waals surface area contributed by atoms with Crippen LogP contribution in [-0.2, 0) is 9.53 Å². The van der Waals surface area contributed by atoms with E-state index in [0.717, 1.165) is 5.56 Å². The van der Waals surface area contributed by atoms with Crippen molar-refractivity contribution in [2.75, 3.05) is 0 Å². The molecule has 0 aliphatic carbocycles. The van der Waals surface area contributed by atoms with Gasteiger partial charge in [0.2, 0.25) is 0 Å². The van der Waals surface area contributed by atoms with Crippen LogP contribution in [0.2, 0.25) is 0 Å². The average molecular weight is 214 g/mol. The zero-order chi connectivity index (χ0) is 10.7. The van der Waals surface area contributed by atoms with Crippen molar-refractivity contribution in [3.05, 3.63) is 35.1 Å². The summed E-state index contributed by atoms with van der Waals surface area (Å²) in [5.74, 6) is -0.900. The van der Waals surface area contributed by atoms with E-state index in [9.17, 15) is 9.18 Å². The van der Waals surface area contributed by atoms with Crippen molar-refractivity contribution in [1.82, 2.24) is 0 Å². The Morgan fingerprint density at radius 2 is 2.21 bits per heavy atom. The smallest absolute Gasteiger partial charge is 0.304 e. The molecule has 1 aromatic rings. The van der Waals surface area contributed by atoms with Crippen LogP contribution >= 0.6 is 12.6 Å². The molecule has 0 radical (unpaired) electrons. The van der Waals surface area contributed by atoms with E-state index in [4.69, 9.17) is 4.74 Å². The van der Waals surface area contributed by atoms with Gasteiger partial charge in [-0.2, -0.15) is 0 Å². The molecule has 2 nitrogen and oxygen atoms in total. The highest BCUT2D eigenvalue weighted by Crippen LogP contribution is 2.25. The minimum absolute atomic E-state index is 0.281. The molecule has 0 aromatic heterocycles. The number of carbonyl (C=O) groups excluding carboxylic acids is 1. The molecule has 0 saturated heterocycles. The molecule has 4 heteroatoms. The second kappa shape index (κ2) is 4.46. The predicted molar refractivity (Wildman–Crippen MR) is 54.6 cm³/mol. The van der Waals surface area contributed by atoms with Gasteiger partial charge in [0.05, 0.1) is 0 Å². The zero-order valence-corrected chi connectivity index (χ0v) is 8.85. The number of rotatable bonds is 2. The van der Waals surface area contributed by atoms with Gasteiger partial charge in [-0.3, -0.25) is 4.79 Å². The van der Waals surface area contributed by atoms with E-state index >= 15 is 0 Å². The normalized spacial score (nSPS) is 12.3. The summed E-state index contributed by atoms with van der Waals surface area (Å²) in [6, 6.07) is 4.58. The van der Waals surface area contributed by atoms with Gasteiger partial charge >= 0.3 is 5.97 Å². The van der Waals surface area contributed by atoms with Crippen LogP contribution in [-0.4, -0.2) is 5.97 Å². The molecule has 1 rings (SSSR count). The summed E-state index contributed by atoms with van der Waals surface area (Å²) >= 11 is 3.99. The number of halogens is 1. The van der Waals surface area contributed by atoms with E-state index in [2.05, 4.69) is 12.6 Å². The molecule has 0 heterocycles. The van der Waals surface area contributed by atoms with E-state index in [1.165, 1.54) is 13.0 Å². The maximum absolute atomic E-state index is 13.2. The molecule has 0 spiro atoms. The highest BCUT2D eigenvalue weighted by Gasteiger charge is 2.14. The number of benzene rings is 1. The fourth-order valence-electron chi connectivity index (χ4n) is 1.07. The van der Waals surface area contributed by atoms with Crippen molar-refractivity contribution in [3.63, 3.8) is 0 Å². The monoisotopic (exact) mass is 214 g/mol. The lowest BCUT2D eigenvalue weighted by atomic mass is 10.1. The van der Waals surface area contributed by atoms with Gasteiger partial charge in [-0.05, 0) is 19.1 Å². The first-order chi connectivity index (χ1) is 6.50. The molecule has 0 fully saturated rings. The Morgan fingerprint density at radius 3 is 2.79 bits per heavy atom. The quantitative estimate of drug-likeness (QED) is 0.465. The minimum atomic E-state index is -0.840. The van der Waals surface area contributed by atoms with Gasteiger partial charge in [0.15, 0.2) is 5.44 Å². The van der Waals surface area contributed by atoms with E-state index in [1.807, 2.05) is 6.92 Å². The second-order valence-corrected chi connectivity index (χ2v) is 3.46. The third kappa shape index (κ3) is 2.73. The van der Waals surface area contributed by atoms with Crippen molar-refractivity contribution in [2.24, 2.45) is 0 Å². The molecule has 0 amide bonds. The molecule has 0 N–H and O–H groups in total. The number of carbonyl (C=O) groups is 1. The van der Waals surface area contributed by atoms with Gasteiger partial charge in [-0.1, -0.05) is 11.6 Å². The Labute approximate surface area is 87.5 Å². The van der Waals surface area contributed by atoms with Crippen molar-refractivity contribution < 1.29 is 13.9 Å². The minimum Gasteiger partial charge on any atom is -0.447 e. The van der Waals surface area contributed by atoms with Crippen molar-refractivity contribution in [1.29, 1.82) is 0 Å². The number of aryl methyl sites for hydroxylation is 1. The summed E-state index contributed by atoms with van der Waals surface area (Å²) in [4.78, 5) is 10.6. The zero-order valence-electron chi connectivity index (χ0n) is 7.95. The Kier molecular flexibility index (Phi) is 3.52. The lowest BCUT2D eigenvalue weighted by Crippen LogP contribution is -2.05. The van der Waals surface area contributed by atoms with Gasteiger partial charge in [-0.15, -0.1) is 12.6 Å². The fraction of sp³-hybridized carbons (Fsp3) is 0.300. The summed E-state index contributed by atoms with van der Waals surface area (Å²) in [5.41, 5.74) is 0.337. The number of ether oxygens (including phenoxy) is 1. The molecule has 1 atom stereocenters. The number of esters is 1. The molecule has 0 saturated carbocycles. The summed E-state index contributed by atoms with van der Waals surface area (Å²) in [7, 11) is 0. The van der Waals surface area contributed by atoms with Gasteiger partial charge in [0.25, 0.3) is 0 Å². The maximum Gasteiger partial charge on any atom is 0.304 e. The molecule has 14 heavy (non-hydrogen) atoms. The van der Waals surface area contributed by atoms with Gasteiger partial charge in [0, 0.05) is 12.5 Å². The van der Waals surface area contributed by atoms with E-state index in [-0.39, 0.29) is 5.56 Å². The topological polar surface area (TPSA) is 26.3 Å². The number of hydrogen-bond acceptors (Lipinski definition) is 3. The SMILES string of the molecule is CC(=O)OC(S)c1cc(C)ccc1F. The van der Waals surface area contributed by atoms with Crippen LogP contribution in [0.3, 0.4) is 0 Å². The summed E-state index contributed by atoms with van der Waals surface area (Å²) < 4.78 is 18.0. The highest BCUT2D eigenvalue weighted by atomic mass is 32.1. The van der Waals surface area contributed by atoms with E-state index in [0.29, 0.717) is 0 Å². The van der Waals surface area contributed by atoms with Gasteiger partial charge in [0.1, 0.15) is 5.82 Å². The standard InChI is InChI=1S/C10H11FO2S/c1-6-3-4-9(11)8(5-6)10(14)13-7(2)12/h3-5,10,14H,1-2H3. The fourth-order valence-corrected chi connectivity index (χ4v) is 1.42.